The van der Waals surface area contributed by atoms with E-state index in [1.54, 1.807) is 25.1 Å². The zero-order chi connectivity index (χ0) is 12.2. The number of carbonyl (C=O) groups excluding carboxylic acids is 1. The van der Waals surface area contributed by atoms with Crippen molar-refractivity contribution in [1.29, 1.82) is 0 Å². The quantitative estimate of drug-likeness (QED) is 0.737. The van der Waals surface area contributed by atoms with Crippen LogP contribution in [0.5, 0.6) is 5.75 Å². The molecule has 0 bridgehead atoms. The van der Waals surface area contributed by atoms with E-state index in [0.29, 0.717) is 17.9 Å². The zero-order valence-corrected chi connectivity index (χ0v) is 10.2. The fourth-order valence-electron chi connectivity index (χ4n) is 1.25. The van der Waals surface area contributed by atoms with E-state index in [1.807, 2.05) is 26.8 Å². The summed E-state index contributed by atoms with van der Waals surface area (Å²) < 4.78 is 10.6. The van der Waals surface area contributed by atoms with Gasteiger partial charge in [-0.25, -0.2) is 4.79 Å². The van der Waals surface area contributed by atoms with Gasteiger partial charge in [0.15, 0.2) is 0 Å². The molecule has 0 unspecified atom stereocenters. The maximum atomic E-state index is 11.5. The highest BCUT2D eigenvalue weighted by atomic mass is 16.5. The summed E-state index contributed by atoms with van der Waals surface area (Å²) >= 11 is 0. The minimum atomic E-state index is -0.318. The van der Waals surface area contributed by atoms with Crippen LogP contribution in [0.4, 0.5) is 0 Å². The van der Waals surface area contributed by atoms with Crippen molar-refractivity contribution in [2.45, 2.75) is 33.3 Å². The lowest BCUT2D eigenvalue weighted by Crippen LogP contribution is -2.23. The van der Waals surface area contributed by atoms with Gasteiger partial charge in [0.25, 0.3) is 0 Å². The first-order valence-corrected chi connectivity index (χ1v) is 5.38. The summed E-state index contributed by atoms with van der Waals surface area (Å²) in [6.07, 6.45) is 0. The fourth-order valence-corrected chi connectivity index (χ4v) is 1.25. The Kier molecular flexibility index (Phi) is 3.93. The molecule has 1 aromatic carbocycles. The summed E-state index contributed by atoms with van der Waals surface area (Å²) in [5.74, 6) is 0.361. The van der Waals surface area contributed by atoms with Gasteiger partial charge in [-0.15, -0.1) is 0 Å². The first-order chi connectivity index (χ1) is 7.42. The fraction of sp³-hybridized carbons (Fsp3) is 0.462. The molecule has 0 saturated carbocycles. The second-order valence-corrected chi connectivity index (χ2v) is 4.46. The molecule has 0 radical (unpaired) electrons. The lowest BCUT2D eigenvalue weighted by molar-refractivity contribution is 0.0524. The van der Waals surface area contributed by atoms with Crippen molar-refractivity contribution < 1.29 is 14.3 Å². The normalized spacial score (nSPS) is 11.0. The van der Waals surface area contributed by atoms with E-state index >= 15 is 0 Å². The highest BCUT2D eigenvalue weighted by molar-refractivity contribution is 5.89. The lowest BCUT2D eigenvalue weighted by Gasteiger charge is -2.21. The molecule has 0 fully saturated rings. The van der Waals surface area contributed by atoms with E-state index in [1.165, 1.54) is 0 Å². The monoisotopic (exact) mass is 222 g/mol. The molecule has 3 nitrogen and oxygen atoms in total. The molecule has 0 saturated heterocycles. The molecule has 0 spiro atoms. The van der Waals surface area contributed by atoms with E-state index < -0.39 is 0 Å². The first-order valence-electron chi connectivity index (χ1n) is 5.38. The highest BCUT2D eigenvalue weighted by Gasteiger charge is 2.13. The van der Waals surface area contributed by atoms with Gasteiger partial charge in [-0.05, 0) is 45.9 Å². The molecule has 88 valence electrons. The molecular formula is C13H18O3. The molecule has 1 aromatic rings. The van der Waals surface area contributed by atoms with Gasteiger partial charge >= 0.3 is 5.97 Å². The summed E-state index contributed by atoms with van der Waals surface area (Å²) in [6.45, 7) is 8.05. The van der Waals surface area contributed by atoms with Crippen LogP contribution in [0.3, 0.4) is 0 Å². The van der Waals surface area contributed by atoms with Crippen molar-refractivity contribution in [3.05, 3.63) is 29.8 Å². The average molecular weight is 222 g/mol. The van der Waals surface area contributed by atoms with Crippen LogP contribution < -0.4 is 4.74 Å². The largest absolute Gasteiger partial charge is 0.488 e. The third kappa shape index (κ3) is 3.93. The van der Waals surface area contributed by atoms with Crippen LogP contribution in [0.1, 0.15) is 38.1 Å². The van der Waals surface area contributed by atoms with E-state index in [0.717, 1.165) is 0 Å². The second kappa shape index (κ2) is 5.01. The standard InChI is InChI=1S/C13H18O3/c1-5-15-12(14)10-7-6-8-11(9-10)16-13(2,3)4/h6-9H,5H2,1-4H3. The van der Waals surface area contributed by atoms with Gasteiger partial charge in [-0.1, -0.05) is 6.07 Å². The predicted molar refractivity (Wildman–Crippen MR) is 62.8 cm³/mol. The number of hydrogen-bond donors (Lipinski definition) is 0. The van der Waals surface area contributed by atoms with E-state index in [9.17, 15) is 4.79 Å². The summed E-state index contributed by atoms with van der Waals surface area (Å²) in [7, 11) is 0. The zero-order valence-electron chi connectivity index (χ0n) is 10.2. The number of carbonyl (C=O) groups is 1. The molecule has 0 aromatic heterocycles. The first kappa shape index (κ1) is 12.6. The van der Waals surface area contributed by atoms with Gasteiger partial charge in [0, 0.05) is 0 Å². The molecule has 0 aliphatic heterocycles. The number of ether oxygens (including phenoxy) is 2. The molecule has 0 aliphatic carbocycles. The van der Waals surface area contributed by atoms with Crippen LogP contribution in [0.25, 0.3) is 0 Å². The lowest BCUT2D eigenvalue weighted by atomic mass is 10.1. The van der Waals surface area contributed by atoms with Crippen molar-refractivity contribution >= 4 is 5.97 Å². The van der Waals surface area contributed by atoms with Gasteiger partial charge in [-0.2, -0.15) is 0 Å². The van der Waals surface area contributed by atoms with Crippen LogP contribution >= 0.6 is 0 Å². The van der Waals surface area contributed by atoms with Crippen LogP contribution in [0.2, 0.25) is 0 Å². The Morgan fingerprint density at radius 2 is 2.00 bits per heavy atom. The smallest absolute Gasteiger partial charge is 0.338 e. The average Bonchev–Trinajstić information content (AvgIpc) is 2.16. The Morgan fingerprint density at radius 1 is 1.31 bits per heavy atom. The third-order valence-corrected chi connectivity index (χ3v) is 1.77. The van der Waals surface area contributed by atoms with Crippen molar-refractivity contribution in [3.63, 3.8) is 0 Å². The third-order valence-electron chi connectivity index (χ3n) is 1.77. The molecule has 1 rings (SSSR count). The molecule has 3 heteroatoms. The molecule has 0 heterocycles. The van der Waals surface area contributed by atoms with Gasteiger partial charge in [0.05, 0.1) is 12.2 Å². The van der Waals surface area contributed by atoms with Gasteiger partial charge in [0.2, 0.25) is 0 Å². The van der Waals surface area contributed by atoms with Crippen molar-refractivity contribution in [2.75, 3.05) is 6.61 Å². The van der Waals surface area contributed by atoms with Gasteiger partial charge in [-0.3, -0.25) is 0 Å². The van der Waals surface area contributed by atoms with Crippen LogP contribution in [0.15, 0.2) is 24.3 Å². The van der Waals surface area contributed by atoms with Gasteiger partial charge in [0.1, 0.15) is 11.4 Å². The number of benzene rings is 1. The van der Waals surface area contributed by atoms with E-state index in [-0.39, 0.29) is 11.6 Å². The molecule has 16 heavy (non-hydrogen) atoms. The van der Waals surface area contributed by atoms with Gasteiger partial charge < -0.3 is 9.47 Å². The van der Waals surface area contributed by atoms with E-state index in [2.05, 4.69) is 0 Å². The molecule has 0 aliphatic rings. The number of hydrogen-bond acceptors (Lipinski definition) is 3. The molecule has 0 N–H and O–H groups in total. The molecular weight excluding hydrogens is 204 g/mol. The number of esters is 1. The summed E-state index contributed by atoms with van der Waals surface area (Å²) in [5, 5.41) is 0. The minimum Gasteiger partial charge on any atom is -0.488 e. The maximum absolute atomic E-state index is 11.5. The summed E-state index contributed by atoms with van der Waals surface area (Å²) in [6, 6.07) is 7.03. The van der Waals surface area contributed by atoms with Crippen molar-refractivity contribution in [2.24, 2.45) is 0 Å². The highest BCUT2D eigenvalue weighted by Crippen LogP contribution is 2.19. The Morgan fingerprint density at radius 3 is 2.56 bits per heavy atom. The Bertz CT molecular complexity index is 364. The Labute approximate surface area is 96.4 Å². The van der Waals surface area contributed by atoms with Crippen LogP contribution in [-0.4, -0.2) is 18.2 Å². The number of rotatable bonds is 3. The summed E-state index contributed by atoms with van der Waals surface area (Å²) in [5.41, 5.74) is 0.247. The summed E-state index contributed by atoms with van der Waals surface area (Å²) in [4.78, 5) is 11.5. The Hall–Kier alpha value is -1.51. The minimum absolute atomic E-state index is 0.271. The SMILES string of the molecule is CCOC(=O)c1cccc(OC(C)(C)C)c1. The van der Waals surface area contributed by atoms with Crippen LogP contribution in [-0.2, 0) is 4.74 Å². The predicted octanol–water partition coefficient (Wildman–Crippen LogP) is 3.04. The van der Waals surface area contributed by atoms with Crippen molar-refractivity contribution in [3.8, 4) is 5.75 Å². The molecule has 0 amide bonds. The maximum Gasteiger partial charge on any atom is 0.338 e. The van der Waals surface area contributed by atoms with E-state index in [4.69, 9.17) is 9.47 Å². The Balaban J connectivity index is 2.83. The van der Waals surface area contributed by atoms with Crippen molar-refractivity contribution in [1.82, 2.24) is 0 Å². The topological polar surface area (TPSA) is 35.5 Å². The molecule has 0 atom stereocenters. The second-order valence-electron chi connectivity index (χ2n) is 4.46. The van der Waals surface area contributed by atoms with Crippen LogP contribution in [0, 0.1) is 0 Å².